The molecule has 0 unspecified atom stereocenters. The Bertz CT molecular complexity index is 1020. The summed E-state index contributed by atoms with van der Waals surface area (Å²) < 4.78 is 0. The molecule has 188 valence electrons. The first-order valence-corrected chi connectivity index (χ1v) is 13.6. The molecule has 4 rings (SSSR count). The standard InChI is InChI=1S/C26H36N6O2S/c1-4-31(5-2)21-10-11-22(18(3)15-21)28-24(33)17-35-25-13-12-23(29-30-25)32-14-6-7-19(16-32)26(34)27-20-8-9-20/h10-13,15,19-20H,4-9,14,16-17H2,1-3H3,(H,27,34)(H,28,33)/t19-/m1/s1. The van der Waals surface area contributed by atoms with Gasteiger partial charge in [-0.3, -0.25) is 9.59 Å². The van der Waals surface area contributed by atoms with E-state index in [0.29, 0.717) is 17.6 Å². The number of benzene rings is 1. The van der Waals surface area contributed by atoms with Gasteiger partial charge in [-0.1, -0.05) is 11.8 Å². The molecule has 2 amide bonds. The molecular formula is C26H36N6O2S. The molecule has 1 aliphatic carbocycles. The SMILES string of the molecule is CCN(CC)c1ccc(NC(=O)CSc2ccc(N3CCC[C@@H](C(=O)NC4CC4)C3)nn2)c(C)c1. The van der Waals surface area contributed by atoms with Crippen molar-refractivity contribution in [3.8, 4) is 0 Å². The van der Waals surface area contributed by atoms with Crippen molar-refractivity contribution < 1.29 is 9.59 Å². The predicted octanol–water partition coefficient (Wildman–Crippen LogP) is 3.86. The maximum absolute atomic E-state index is 12.5. The van der Waals surface area contributed by atoms with E-state index in [4.69, 9.17) is 0 Å². The number of piperidine rings is 1. The van der Waals surface area contributed by atoms with Crippen molar-refractivity contribution in [2.24, 2.45) is 5.92 Å². The molecule has 1 aromatic carbocycles. The summed E-state index contributed by atoms with van der Waals surface area (Å²) >= 11 is 1.37. The molecule has 1 saturated heterocycles. The highest BCUT2D eigenvalue weighted by Gasteiger charge is 2.31. The number of nitrogens with one attached hydrogen (secondary N) is 2. The Morgan fingerprint density at radius 2 is 1.91 bits per heavy atom. The molecule has 8 nitrogen and oxygen atoms in total. The van der Waals surface area contributed by atoms with Crippen LogP contribution in [0.4, 0.5) is 17.2 Å². The first kappa shape index (κ1) is 25.3. The van der Waals surface area contributed by atoms with Crippen molar-refractivity contribution >= 4 is 40.8 Å². The molecule has 2 N–H and O–H groups in total. The highest BCUT2D eigenvalue weighted by molar-refractivity contribution is 7.99. The Kier molecular flexibility index (Phi) is 8.49. The molecule has 35 heavy (non-hydrogen) atoms. The zero-order valence-electron chi connectivity index (χ0n) is 20.9. The summed E-state index contributed by atoms with van der Waals surface area (Å²) in [6.07, 6.45) is 4.10. The zero-order valence-corrected chi connectivity index (χ0v) is 21.7. The third-order valence-corrected chi connectivity index (χ3v) is 7.55. The average molecular weight is 497 g/mol. The molecule has 9 heteroatoms. The lowest BCUT2D eigenvalue weighted by Gasteiger charge is -2.32. The van der Waals surface area contributed by atoms with Crippen LogP contribution in [0.25, 0.3) is 0 Å². The van der Waals surface area contributed by atoms with E-state index in [-0.39, 0.29) is 23.5 Å². The molecule has 1 atom stereocenters. The number of aryl methyl sites for hydroxylation is 1. The molecule has 1 aromatic heterocycles. The number of carbonyl (C=O) groups is 2. The van der Waals surface area contributed by atoms with Gasteiger partial charge in [0.1, 0.15) is 5.03 Å². The lowest BCUT2D eigenvalue weighted by atomic mass is 9.97. The van der Waals surface area contributed by atoms with Gasteiger partial charge in [0, 0.05) is 43.6 Å². The van der Waals surface area contributed by atoms with Crippen LogP contribution in [-0.2, 0) is 9.59 Å². The van der Waals surface area contributed by atoms with Crippen LogP contribution in [0.15, 0.2) is 35.4 Å². The lowest BCUT2D eigenvalue weighted by molar-refractivity contribution is -0.125. The summed E-state index contributed by atoms with van der Waals surface area (Å²) in [6, 6.07) is 10.4. The molecule has 2 aromatic rings. The van der Waals surface area contributed by atoms with Crippen LogP contribution in [0, 0.1) is 12.8 Å². The van der Waals surface area contributed by atoms with Gasteiger partial charge in [-0.15, -0.1) is 10.2 Å². The van der Waals surface area contributed by atoms with Gasteiger partial charge in [-0.2, -0.15) is 0 Å². The van der Waals surface area contributed by atoms with Crippen molar-refractivity contribution in [2.75, 3.05) is 47.0 Å². The normalized spacial score (nSPS) is 17.7. The van der Waals surface area contributed by atoms with Crippen LogP contribution in [-0.4, -0.2) is 60.0 Å². The maximum atomic E-state index is 12.5. The van der Waals surface area contributed by atoms with Crippen molar-refractivity contribution in [1.29, 1.82) is 0 Å². The van der Waals surface area contributed by atoms with Gasteiger partial charge in [-0.25, -0.2) is 0 Å². The van der Waals surface area contributed by atoms with Gasteiger partial charge in [0.25, 0.3) is 0 Å². The van der Waals surface area contributed by atoms with Crippen LogP contribution in [0.5, 0.6) is 0 Å². The number of carbonyl (C=O) groups excluding carboxylic acids is 2. The number of thioether (sulfide) groups is 1. The van der Waals surface area contributed by atoms with Crippen LogP contribution < -0.4 is 20.4 Å². The van der Waals surface area contributed by atoms with Crippen LogP contribution in [0.2, 0.25) is 0 Å². The van der Waals surface area contributed by atoms with E-state index in [2.05, 4.69) is 50.5 Å². The lowest BCUT2D eigenvalue weighted by Crippen LogP contribution is -2.44. The first-order chi connectivity index (χ1) is 17.0. The summed E-state index contributed by atoms with van der Waals surface area (Å²) in [6.45, 7) is 9.74. The van der Waals surface area contributed by atoms with Crippen molar-refractivity contribution in [3.63, 3.8) is 0 Å². The van der Waals surface area contributed by atoms with Gasteiger partial charge in [-0.05, 0) is 82.3 Å². The monoisotopic (exact) mass is 496 g/mol. The number of aromatic nitrogens is 2. The molecule has 2 fully saturated rings. The maximum Gasteiger partial charge on any atom is 0.234 e. The van der Waals surface area contributed by atoms with E-state index in [1.54, 1.807) is 0 Å². The zero-order chi connectivity index (χ0) is 24.8. The largest absolute Gasteiger partial charge is 0.372 e. The fourth-order valence-electron chi connectivity index (χ4n) is 4.40. The minimum Gasteiger partial charge on any atom is -0.372 e. The van der Waals surface area contributed by atoms with E-state index in [9.17, 15) is 9.59 Å². The van der Waals surface area contributed by atoms with E-state index in [0.717, 1.165) is 62.4 Å². The molecule has 2 aliphatic rings. The Morgan fingerprint density at radius 3 is 2.57 bits per heavy atom. The Morgan fingerprint density at radius 1 is 1.11 bits per heavy atom. The third kappa shape index (κ3) is 6.87. The highest BCUT2D eigenvalue weighted by Crippen LogP contribution is 2.26. The van der Waals surface area contributed by atoms with E-state index < -0.39 is 0 Å². The minimum absolute atomic E-state index is 0.00781. The van der Waals surface area contributed by atoms with Crippen LogP contribution in [0.1, 0.15) is 45.1 Å². The number of rotatable bonds is 10. The Labute approximate surface area is 212 Å². The second-order valence-electron chi connectivity index (χ2n) is 9.31. The fraction of sp³-hybridized carbons (Fsp3) is 0.538. The number of hydrogen-bond donors (Lipinski definition) is 2. The van der Waals surface area contributed by atoms with Crippen molar-refractivity contribution in [3.05, 3.63) is 35.9 Å². The number of hydrogen-bond acceptors (Lipinski definition) is 7. The molecule has 0 radical (unpaired) electrons. The van der Waals surface area contributed by atoms with Crippen molar-refractivity contribution in [1.82, 2.24) is 15.5 Å². The summed E-state index contributed by atoms with van der Waals surface area (Å²) in [4.78, 5) is 29.4. The topological polar surface area (TPSA) is 90.5 Å². The summed E-state index contributed by atoms with van der Waals surface area (Å²) in [5, 5.41) is 15.5. The highest BCUT2D eigenvalue weighted by atomic mass is 32.2. The number of nitrogens with zero attached hydrogens (tertiary/aromatic N) is 4. The molecule has 0 bridgehead atoms. The van der Waals surface area contributed by atoms with Crippen LogP contribution in [0.3, 0.4) is 0 Å². The first-order valence-electron chi connectivity index (χ1n) is 12.6. The van der Waals surface area contributed by atoms with E-state index in [1.807, 2.05) is 31.2 Å². The van der Waals surface area contributed by atoms with E-state index in [1.165, 1.54) is 17.4 Å². The Hall–Kier alpha value is -2.81. The molecule has 0 spiro atoms. The second kappa shape index (κ2) is 11.7. The summed E-state index contributed by atoms with van der Waals surface area (Å²) in [5.41, 5.74) is 3.04. The van der Waals surface area contributed by atoms with Gasteiger partial charge < -0.3 is 20.4 Å². The molecule has 1 aliphatic heterocycles. The van der Waals surface area contributed by atoms with Gasteiger partial charge in [0.05, 0.1) is 11.7 Å². The van der Waals surface area contributed by atoms with Crippen LogP contribution >= 0.6 is 11.8 Å². The summed E-state index contributed by atoms with van der Waals surface area (Å²) in [5.74, 6) is 1.15. The molecule has 1 saturated carbocycles. The van der Waals surface area contributed by atoms with Gasteiger partial charge in [0.15, 0.2) is 5.82 Å². The predicted molar refractivity (Wildman–Crippen MR) is 142 cm³/mol. The van der Waals surface area contributed by atoms with Crippen molar-refractivity contribution in [2.45, 2.75) is 57.5 Å². The fourth-order valence-corrected chi connectivity index (χ4v) is 5.02. The number of amides is 2. The second-order valence-corrected chi connectivity index (χ2v) is 10.3. The van der Waals surface area contributed by atoms with E-state index >= 15 is 0 Å². The smallest absolute Gasteiger partial charge is 0.234 e. The quantitative estimate of drug-likeness (QED) is 0.483. The minimum atomic E-state index is -0.0693. The average Bonchev–Trinajstić information content (AvgIpc) is 3.69. The third-order valence-electron chi connectivity index (χ3n) is 6.63. The number of anilines is 3. The Balaban J connectivity index is 1.26. The summed E-state index contributed by atoms with van der Waals surface area (Å²) in [7, 11) is 0. The molecule has 2 heterocycles. The molecular weight excluding hydrogens is 460 g/mol. The van der Waals surface area contributed by atoms with Gasteiger partial charge >= 0.3 is 0 Å². The van der Waals surface area contributed by atoms with Gasteiger partial charge in [0.2, 0.25) is 11.8 Å².